The van der Waals surface area contributed by atoms with Gasteiger partial charge in [0.25, 0.3) is 0 Å². The molecule has 0 radical (unpaired) electrons. The molecule has 0 heterocycles. The molecule has 0 bridgehead atoms. The fraction of sp³-hybridized carbons (Fsp3) is 0.625. The molecule has 7 nitrogen and oxygen atoms in total. The number of ether oxygens (including phenoxy) is 1. The Morgan fingerprint density at radius 1 is 1.16 bits per heavy atom. The number of carbonyl (C=O) groups is 3. The van der Waals surface area contributed by atoms with Crippen LogP contribution >= 0.6 is 12.6 Å². The van der Waals surface area contributed by atoms with E-state index in [2.05, 4.69) is 23.3 Å². The lowest BCUT2D eigenvalue weighted by molar-refractivity contribution is -0.143. The zero-order valence-corrected chi connectivity index (χ0v) is 21.1. The first kappa shape index (κ1) is 26.0. The normalized spacial score (nSPS) is 15.7. The molecule has 1 saturated carbocycles. The molecule has 1 fully saturated rings. The molecule has 2 unspecified atom stereocenters. The van der Waals surface area contributed by atoms with Gasteiger partial charge in [-0.1, -0.05) is 23.8 Å². The molecule has 2 rings (SSSR count). The Kier molecular flexibility index (Phi) is 8.62. The summed E-state index contributed by atoms with van der Waals surface area (Å²) in [6, 6.07) is 4.03. The molecule has 32 heavy (non-hydrogen) atoms. The number of amides is 3. The van der Waals surface area contributed by atoms with Crippen molar-refractivity contribution in [1.82, 2.24) is 15.5 Å². The SMILES string of the molecule is Cc1ccc(C(C(=O)NC(C)C)N(C(=O)C(CS)NC(=O)OC(C)(C)C)C2CC2)c(C)c1. The molecule has 2 atom stereocenters. The molecule has 8 heteroatoms. The summed E-state index contributed by atoms with van der Waals surface area (Å²) in [5, 5.41) is 5.60. The van der Waals surface area contributed by atoms with E-state index in [1.165, 1.54) is 0 Å². The van der Waals surface area contributed by atoms with Gasteiger partial charge >= 0.3 is 6.09 Å². The van der Waals surface area contributed by atoms with Crippen LogP contribution < -0.4 is 10.6 Å². The van der Waals surface area contributed by atoms with Crippen molar-refractivity contribution in [3.63, 3.8) is 0 Å². The van der Waals surface area contributed by atoms with Gasteiger partial charge in [0.1, 0.15) is 17.7 Å². The van der Waals surface area contributed by atoms with E-state index in [-0.39, 0.29) is 29.7 Å². The fourth-order valence-electron chi connectivity index (χ4n) is 3.60. The van der Waals surface area contributed by atoms with E-state index >= 15 is 0 Å². The summed E-state index contributed by atoms with van der Waals surface area (Å²) < 4.78 is 5.32. The van der Waals surface area contributed by atoms with Crippen LogP contribution in [0.3, 0.4) is 0 Å². The Morgan fingerprint density at radius 3 is 2.25 bits per heavy atom. The van der Waals surface area contributed by atoms with E-state index in [4.69, 9.17) is 4.74 Å². The summed E-state index contributed by atoms with van der Waals surface area (Å²) >= 11 is 4.30. The average molecular weight is 464 g/mol. The smallest absolute Gasteiger partial charge is 0.408 e. The predicted molar refractivity (Wildman–Crippen MR) is 129 cm³/mol. The Morgan fingerprint density at radius 2 is 1.78 bits per heavy atom. The van der Waals surface area contributed by atoms with Crippen molar-refractivity contribution < 1.29 is 19.1 Å². The van der Waals surface area contributed by atoms with Gasteiger partial charge in [-0.15, -0.1) is 0 Å². The quantitative estimate of drug-likeness (QED) is 0.513. The van der Waals surface area contributed by atoms with E-state index in [0.29, 0.717) is 0 Å². The van der Waals surface area contributed by atoms with Crippen LogP contribution in [0.5, 0.6) is 0 Å². The highest BCUT2D eigenvalue weighted by Crippen LogP contribution is 2.37. The summed E-state index contributed by atoms with van der Waals surface area (Å²) in [6.45, 7) is 13.0. The van der Waals surface area contributed by atoms with Crippen LogP contribution in [0, 0.1) is 13.8 Å². The van der Waals surface area contributed by atoms with E-state index in [1.807, 2.05) is 45.9 Å². The van der Waals surface area contributed by atoms with Crippen LogP contribution in [-0.2, 0) is 14.3 Å². The van der Waals surface area contributed by atoms with Gasteiger partial charge in [0.15, 0.2) is 0 Å². The second kappa shape index (κ2) is 10.6. The highest BCUT2D eigenvalue weighted by Gasteiger charge is 2.44. The lowest BCUT2D eigenvalue weighted by Gasteiger charge is -2.35. The summed E-state index contributed by atoms with van der Waals surface area (Å²) in [6.07, 6.45) is 0.942. The zero-order chi connectivity index (χ0) is 24.2. The van der Waals surface area contributed by atoms with Crippen LogP contribution in [0.25, 0.3) is 0 Å². The molecule has 3 amide bonds. The molecular weight excluding hydrogens is 426 g/mol. The Balaban J connectivity index is 2.41. The summed E-state index contributed by atoms with van der Waals surface area (Å²) in [5.74, 6) is -0.480. The average Bonchev–Trinajstić information content (AvgIpc) is 3.47. The first-order chi connectivity index (χ1) is 14.8. The highest BCUT2D eigenvalue weighted by atomic mass is 32.1. The fourth-order valence-corrected chi connectivity index (χ4v) is 3.85. The second-order valence-corrected chi connectivity index (χ2v) is 10.1. The van der Waals surface area contributed by atoms with Gasteiger partial charge in [-0.3, -0.25) is 9.59 Å². The topological polar surface area (TPSA) is 87.7 Å². The Bertz CT molecular complexity index is 846. The summed E-state index contributed by atoms with van der Waals surface area (Å²) in [4.78, 5) is 41.0. The third-order valence-electron chi connectivity index (χ3n) is 5.04. The first-order valence-corrected chi connectivity index (χ1v) is 11.8. The summed E-state index contributed by atoms with van der Waals surface area (Å²) in [5.41, 5.74) is 2.11. The number of carbonyl (C=O) groups excluding carboxylic acids is 3. The van der Waals surface area contributed by atoms with Crippen molar-refractivity contribution in [1.29, 1.82) is 0 Å². The Hall–Kier alpha value is -2.22. The number of benzene rings is 1. The number of nitrogens with zero attached hydrogens (tertiary/aromatic N) is 1. The van der Waals surface area contributed by atoms with Gasteiger partial charge in [-0.2, -0.15) is 12.6 Å². The van der Waals surface area contributed by atoms with Gasteiger partial charge in [0, 0.05) is 17.8 Å². The van der Waals surface area contributed by atoms with Gasteiger partial charge in [0.05, 0.1) is 0 Å². The van der Waals surface area contributed by atoms with Crippen LogP contribution in [0.1, 0.15) is 70.2 Å². The molecule has 178 valence electrons. The number of hydrogen-bond donors (Lipinski definition) is 3. The van der Waals surface area contributed by atoms with E-state index in [0.717, 1.165) is 29.5 Å². The molecule has 1 aromatic carbocycles. The monoisotopic (exact) mass is 463 g/mol. The maximum atomic E-state index is 13.7. The number of rotatable bonds is 8. The maximum absolute atomic E-state index is 13.7. The third kappa shape index (κ3) is 7.15. The molecule has 1 aromatic rings. The zero-order valence-electron chi connectivity index (χ0n) is 20.2. The van der Waals surface area contributed by atoms with Crippen molar-refractivity contribution in [2.45, 2.75) is 91.1 Å². The number of nitrogens with one attached hydrogen (secondary N) is 2. The number of alkyl carbamates (subject to hydrolysis) is 1. The molecule has 0 aromatic heterocycles. The highest BCUT2D eigenvalue weighted by molar-refractivity contribution is 7.80. The number of aryl methyl sites for hydroxylation is 2. The van der Waals surface area contributed by atoms with Crippen LogP contribution in [-0.4, -0.2) is 52.3 Å². The van der Waals surface area contributed by atoms with Crippen molar-refractivity contribution in [2.75, 3.05) is 5.75 Å². The van der Waals surface area contributed by atoms with Gasteiger partial charge in [-0.25, -0.2) is 4.79 Å². The van der Waals surface area contributed by atoms with E-state index in [1.54, 1.807) is 25.7 Å². The minimum atomic E-state index is -0.908. The molecule has 0 aliphatic heterocycles. The molecule has 0 saturated heterocycles. The predicted octanol–water partition coefficient (Wildman–Crippen LogP) is 3.68. The second-order valence-electron chi connectivity index (χ2n) is 9.78. The third-order valence-corrected chi connectivity index (χ3v) is 5.41. The molecule has 1 aliphatic carbocycles. The van der Waals surface area contributed by atoms with Crippen molar-refractivity contribution in [3.05, 3.63) is 34.9 Å². The Labute approximate surface area is 197 Å². The van der Waals surface area contributed by atoms with Crippen LogP contribution in [0.2, 0.25) is 0 Å². The number of thiol groups is 1. The minimum Gasteiger partial charge on any atom is -0.444 e. The first-order valence-electron chi connectivity index (χ1n) is 11.1. The van der Waals surface area contributed by atoms with E-state index < -0.39 is 23.8 Å². The number of hydrogen-bond acceptors (Lipinski definition) is 5. The van der Waals surface area contributed by atoms with Crippen molar-refractivity contribution in [3.8, 4) is 0 Å². The van der Waals surface area contributed by atoms with Gasteiger partial charge in [-0.05, 0) is 72.4 Å². The molecule has 0 spiro atoms. The summed E-state index contributed by atoms with van der Waals surface area (Å²) in [7, 11) is 0. The van der Waals surface area contributed by atoms with Crippen molar-refractivity contribution in [2.24, 2.45) is 0 Å². The lowest BCUT2D eigenvalue weighted by Crippen LogP contribution is -2.55. The molecular formula is C24H37N3O4S. The molecule has 2 N–H and O–H groups in total. The lowest BCUT2D eigenvalue weighted by atomic mass is 9.96. The van der Waals surface area contributed by atoms with Gasteiger partial charge in [0.2, 0.25) is 11.8 Å². The van der Waals surface area contributed by atoms with Crippen LogP contribution in [0.15, 0.2) is 18.2 Å². The van der Waals surface area contributed by atoms with E-state index in [9.17, 15) is 14.4 Å². The van der Waals surface area contributed by atoms with Crippen molar-refractivity contribution >= 4 is 30.5 Å². The van der Waals surface area contributed by atoms with Crippen LogP contribution in [0.4, 0.5) is 4.79 Å². The standard InChI is InChI=1S/C24H37N3O4S/c1-14(2)25-21(28)20(18-11-8-15(3)12-16(18)4)27(17-9-10-17)22(29)19(13-32)26-23(30)31-24(5,6)7/h8,11-12,14,17,19-20,32H,9-10,13H2,1-7H3,(H,25,28)(H,26,30). The minimum absolute atomic E-state index is 0.0612. The largest absolute Gasteiger partial charge is 0.444 e. The van der Waals surface area contributed by atoms with Gasteiger partial charge < -0.3 is 20.3 Å². The maximum Gasteiger partial charge on any atom is 0.408 e. The molecule has 1 aliphatic rings.